The molecule has 2 amide bonds. The average Bonchev–Trinajstić information content (AvgIpc) is 3.36. The number of ether oxygens (including phenoxy) is 2. The molecule has 5 rings (SSSR count). The Morgan fingerprint density at radius 2 is 1.65 bits per heavy atom. The number of halogens is 1. The van der Waals surface area contributed by atoms with Crippen LogP contribution in [-0.4, -0.2) is 37.5 Å². The predicted molar refractivity (Wildman–Crippen MR) is 136 cm³/mol. The van der Waals surface area contributed by atoms with Crippen LogP contribution in [0.2, 0.25) is 0 Å². The monoisotopic (exact) mass is 500 g/mol. The molecular weight excluding hydrogens is 475 g/mol. The van der Waals surface area contributed by atoms with Crippen LogP contribution in [0.4, 0.5) is 10.1 Å². The summed E-state index contributed by atoms with van der Waals surface area (Å²) in [5.41, 5.74) is 3.14. The van der Waals surface area contributed by atoms with E-state index in [1.54, 1.807) is 41.3 Å². The molecule has 1 aliphatic heterocycles. The van der Waals surface area contributed by atoms with E-state index in [9.17, 15) is 14.0 Å². The number of anilines is 1. The first-order valence-corrected chi connectivity index (χ1v) is 11.7. The van der Waals surface area contributed by atoms with Gasteiger partial charge >= 0.3 is 0 Å². The Hall–Kier alpha value is -4.59. The van der Waals surface area contributed by atoms with Gasteiger partial charge in [-0.25, -0.2) is 4.39 Å². The molecule has 37 heavy (non-hydrogen) atoms. The minimum absolute atomic E-state index is 0.207. The molecule has 0 unspecified atom stereocenters. The standard InChI is InChI=1S/C29H25FN2O5/c1-35-24-13-20(14-25(16-24)36-2)28(33)31-23-8-6-18(7-9-23)27-15-21-17-32(11-10-26(21)37-27)29(34)19-4-3-5-22(30)12-19/h3-9,12-16H,10-11,17H2,1-2H3,(H,31,33). The molecule has 4 aromatic rings. The fourth-order valence-corrected chi connectivity index (χ4v) is 4.31. The van der Waals surface area contributed by atoms with E-state index in [-0.39, 0.29) is 11.8 Å². The summed E-state index contributed by atoms with van der Waals surface area (Å²) in [6, 6.07) is 20.0. The molecule has 0 saturated heterocycles. The van der Waals surface area contributed by atoms with Gasteiger partial charge in [-0.2, -0.15) is 0 Å². The maximum atomic E-state index is 13.6. The van der Waals surface area contributed by atoms with Gasteiger partial charge in [0.15, 0.2) is 0 Å². The molecule has 0 aliphatic carbocycles. The third kappa shape index (κ3) is 5.18. The Labute approximate surface area is 213 Å². The maximum Gasteiger partial charge on any atom is 0.255 e. The zero-order chi connectivity index (χ0) is 25.9. The highest BCUT2D eigenvalue weighted by Gasteiger charge is 2.25. The summed E-state index contributed by atoms with van der Waals surface area (Å²) < 4.78 is 30.1. The lowest BCUT2D eigenvalue weighted by Crippen LogP contribution is -2.35. The lowest BCUT2D eigenvalue weighted by Gasteiger charge is -2.26. The molecule has 0 atom stereocenters. The summed E-state index contributed by atoms with van der Waals surface area (Å²) >= 11 is 0. The van der Waals surface area contributed by atoms with Crippen molar-refractivity contribution in [3.8, 4) is 22.8 Å². The number of carbonyl (C=O) groups excluding carboxylic acids is 2. The highest BCUT2D eigenvalue weighted by atomic mass is 19.1. The van der Waals surface area contributed by atoms with Crippen molar-refractivity contribution in [2.75, 3.05) is 26.1 Å². The number of hydrogen-bond donors (Lipinski definition) is 1. The van der Waals surface area contributed by atoms with Crippen LogP contribution >= 0.6 is 0 Å². The van der Waals surface area contributed by atoms with Gasteiger partial charge in [0.05, 0.1) is 14.2 Å². The number of benzene rings is 3. The van der Waals surface area contributed by atoms with Gasteiger partial charge < -0.3 is 24.1 Å². The summed E-state index contributed by atoms with van der Waals surface area (Å²) in [4.78, 5) is 27.3. The number of hydrogen-bond acceptors (Lipinski definition) is 5. The molecule has 3 aromatic carbocycles. The lowest BCUT2D eigenvalue weighted by atomic mass is 10.1. The van der Waals surface area contributed by atoms with Crippen molar-refractivity contribution in [3.63, 3.8) is 0 Å². The first kappa shape index (κ1) is 24.1. The van der Waals surface area contributed by atoms with Gasteiger partial charge in [0.1, 0.15) is 28.8 Å². The van der Waals surface area contributed by atoms with E-state index in [4.69, 9.17) is 13.9 Å². The Kier molecular flexibility index (Phi) is 6.64. The van der Waals surface area contributed by atoms with Crippen molar-refractivity contribution in [1.82, 2.24) is 4.90 Å². The SMILES string of the molecule is COc1cc(OC)cc(C(=O)Nc2ccc(-c3cc4c(o3)CCN(C(=O)c3cccc(F)c3)C4)cc2)c1. The van der Waals surface area contributed by atoms with Crippen LogP contribution in [0.15, 0.2) is 77.2 Å². The van der Waals surface area contributed by atoms with E-state index < -0.39 is 5.82 Å². The second-order valence-corrected chi connectivity index (χ2v) is 8.68. The van der Waals surface area contributed by atoms with Gasteiger partial charge in [-0.05, 0) is 60.7 Å². The molecular formula is C29H25FN2O5. The summed E-state index contributed by atoms with van der Waals surface area (Å²) in [7, 11) is 3.06. The van der Waals surface area contributed by atoms with Crippen molar-refractivity contribution in [1.29, 1.82) is 0 Å². The number of methoxy groups -OCH3 is 2. The van der Waals surface area contributed by atoms with Crippen LogP contribution in [-0.2, 0) is 13.0 Å². The van der Waals surface area contributed by atoms with Crippen LogP contribution in [0.1, 0.15) is 32.0 Å². The molecule has 1 aliphatic rings. The van der Waals surface area contributed by atoms with Crippen LogP contribution in [0.5, 0.6) is 11.5 Å². The molecule has 188 valence electrons. The van der Waals surface area contributed by atoms with Gasteiger partial charge in [0.25, 0.3) is 11.8 Å². The largest absolute Gasteiger partial charge is 0.497 e. The normalized spacial score (nSPS) is 12.6. The van der Waals surface area contributed by atoms with Crippen molar-refractivity contribution in [2.45, 2.75) is 13.0 Å². The molecule has 0 spiro atoms. The topological polar surface area (TPSA) is 81.0 Å². The highest BCUT2D eigenvalue weighted by Crippen LogP contribution is 2.31. The number of furan rings is 1. The maximum absolute atomic E-state index is 13.6. The number of carbonyl (C=O) groups is 2. The minimum atomic E-state index is -0.433. The second-order valence-electron chi connectivity index (χ2n) is 8.68. The minimum Gasteiger partial charge on any atom is -0.497 e. The molecule has 0 saturated carbocycles. The molecule has 1 N–H and O–H groups in total. The van der Waals surface area contributed by atoms with Gasteiger partial charge in [0.2, 0.25) is 0 Å². The van der Waals surface area contributed by atoms with Crippen molar-refractivity contribution in [2.24, 2.45) is 0 Å². The van der Waals surface area contributed by atoms with E-state index in [2.05, 4.69) is 5.32 Å². The zero-order valence-corrected chi connectivity index (χ0v) is 20.4. The van der Waals surface area contributed by atoms with Crippen LogP contribution in [0.3, 0.4) is 0 Å². The Balaban J connectivity index is 1.28. The summed E-state index contributed by atoms with van der Waals surface area (Å²) in [5.74, 6) is 1.64. The molecule has 0 bridgehead atoms. The smallest absolute Gasteiger partial charge is 0.255 e. The predicted octanol–water partition coefficient (Wildman–Crippen LogP) is 5.55. The molecule has 1 aromatic heterocycles. The molecule has 0 radical (unpaired) electrons. The van der Waals surface area contributed by atoms with Crippen molar-refractivity contribution in [3.05, 3.63) is 101 Å². The van der Waals surface area contributed by atoms with Crippen molar-refractivity contribution >= 4 is 17.5 Å². The number of fused-ring (bicyclic) bond motifs is 1. The quantitative estimate of drug-likeness (QED) is 0.375. The Morgan fingerprint density at radius 3 is 2.32 bits per heavy atom. The Bertz CT molecular complexity index is 1440. The van der Waals surface area contributed by atoms with Gasteiger partial charge in [0, 0.05) is 53.5 Å². The fraction of sp³-hybridized carbons (Fsp3) is 0.172. The van der Waals surface area contributed by atoms with E-state index in [0.717, 1.165) is 16.9 Å². The van der Waals surface area contributed by atoms with Crippen molar-refractivity contribution < 1.29 is 27.9 Å². The Morgan fingerprint density at radius 1 is 0.919 bits per heavy atom. The number of nitrogens with one attached hydrogen (secondary N) is 1. The highest BCUT2D eigenvalue weighted by molar-refractivity contribution is 6.04. The zero-order valence-electron chi connectivity index (χ0n) is 20.4. The second kappa shape index (κ2) is 10.2. The third-order valence-electron chi connectivity index (χ3n) is 6.27. The van der Waals surface area contributed by atoms with E-state index in [1.165, 1.54) is 32.4 Å². The van der Waals surface area contributed by atoms with E-state index in [0.29, 0.717) is 53.6 Å². The lowest BCUT2D eigenvalue weighted by molar-refractivity contribution is 0.0729. The van der Waals surface area contributed by atoms with Crippen LogP contribution in [0, 0.1) is 5.82 Å². The molecule has 0 fully saturated rings. The summed E-state index contributed by atoms with van der Waals surface area (Å²) in [5, 5.41) is 2.87. The van der Waals surface area contributed by atoms with Gasteiger partial charge in [-0.1, -0.05) is 6.07 Å². The van der Waals surface area contributed by atoms with Crippen LogP contribution in [0.25, 0.3) is 11.3 Å². The first-order chi connectivity index (χ1) is 17.9. The average molecular weight is 501 g/mol. The number of nitrogens with zero attached hydrogens (tertiary/aromatic N) is 1. The summed E-state index contributed by atoms with van der Waals surface area (Å²) in [6.45, 7) is 0.891. The van der Waals surface area contributed by atoms with E-state index in [1.807, 2.05) is 18.2 Å². The van der Waals surface area contributed by atoms with E-state index >= 15 is 0 Å². The number of amides is 2. The number of rotatable bonds is 6. The summed E-state index contributed by atoms with van der Waals surface area (Å²) in [6.07, 6.45) is 0.578. The molecule has 2 heterocycles. The molecule has 8 heteroatoms. The van der Waals surface area contributed by atoms with Gasteiger partial charge in [-0.3, -0.25) is 9.59 Å². The third-order valence-corrected chi connectivity index (χ3v) is 6.27. The van der Waals surface area contributed by atoms with Gasteiger partial charge in [-0.15, -0.1) is 0 Å². The van der Waals surface area contributed by atoms with Crippen LogP contribution < -0.4 is 14.8 Å². The first-order valence-electron chi connectivity index (χ1n) is 11.7. The molecule has 7 nitrogen and oxygen atoms in total. The fourth-order valence-electron chi connectivity index (χ4n) is 4.31.